The van der Waals surface area contributed by atoms with E-state index in [1.54, 1.807) is 69.2 Å². The van der Waals surface area contributed by atoms with Gasteiger partial charge in [0.2, 0.25) is 0 Å². The molecular formula is C30H68I101N2O11S6-. The second-order valence-corrected chi connectivity index (χ2v) is 2380. The summed E-state index contributed by atoms with van der Waals surface area (Å²) in [6.45, 7) is 22.9. The number of carboxylic acid groups (broad SMARTS) is 2. The molecule has 2 aliphatic heterocycles. The number of rotatable bonds is 49. The molecule has 0 unspecified atom stereocenters. The average Bonchev–Trinajstić information content (AvgIpc) is 1.69. The zero-order valence-electron chi connectivity index (χ0n) is 68.6. The molecule has 120 heteroatoms. The molecule has 2 aliphatic rings. The van der Waals surface area contributed by atoms with E-state index in [4.69, 9.17) is 24.4 Å². The quantitative estimate of drug-likeness (QED) is 0.0228. The number of amides is 1. The molecule has 0 aromatic rings. The molecule has 2 rings (SSSR count). The van der Waals surface area contributed by atoms with Gasteiger partial charge in [0.05, 0.1) is 11.8 Å². The Bertz CT molecular complexity index is 3500. The van der Waals surface area contributed by atoms with Gasteiger partial charge in [-0.3, -0.25) is 9.59 Å². The van der Waals surface area contributed by atoms with Crippen molar-refractivity contribution in [3.05, 3.63) is 0 Å². The Labute approximate surface area is 1610 Å². The van der Waals surface area contributed by atoms with Crippen LogP contribution in [0.3, 0.4) is 0 Å². The Morgan fingerprint density at radius 1 is 0.260 bits per heavy atom. The molecule has 2 heterocycles. The van der Waals surface area contributed by atoms with Crippen molar-refractivity contribution < 1.29 is 66.4 Å². The van der Waals surface area contributed by atoms with Crippen LogP contribution in [0.5, 0.6) is 0 Å². The number of nitrogens with zero attached hydrogens (tertiary/aromatic N) is 1. The molecular weight excluding hydrogens is 13600 g/mol. The summed E-state index contributed by atoms with van der Waals surface area (Å²) >= 11 is 171. The Balaban J connectivity index is -0.000000227. The number of likely N-dealkylation sites (tertiary alicyclic amines) is 1. The van der Waals surface area contributed by atoms with Crippen LogP contribution in [0.1, 0.15) is 110 Å². The number of hydrogen-bond acceptors (Lipinski definition) is 10. The Morgan fingerprint density at radius 2 is 0.413 bits per heavy atom. The zero-order chi connectivity index (χ0) is 114. The first-order chi connectivity index (χ1) is 64.6. The van der Waals surface area contributed by atoms with Gasteiger partial charge >= 0.3 is 1390 Å². The van der Waals surface area contributed by atoms with E-state index in [0.717, 1.165) is 6.42 Å². The zero-order valence-corrected chi connectivity index (χ0v) is 292. The summed E-state index contributed by atoms with van der Waals surface area (Å²) in [6, 6.07) is 0.0712. The monoisotopic (exact) mass is 13600 g/mol. The summed E-state index contributed by atoms with van der Waals surface area (Å²) in [6.07, 6.45) is -1.30. The topological polar surface area (TPSA) is 178 Å². The first-order valence-corrected chi connectivity index (χ1v) is 651. The van der Waals surface area contributed by atoms with E-state index in [2.05, 4.69) is 978 Å². The molecule has 0 aromatic carbocycles. The van der Waals surface area contributed by atoms with Crippen LogP contribution in [0.4, 0.5) is 14.4 Å². The van der Waals surface area contributed by atoms with Crippen LogP contribution in [0.25, 0.3) is 0 Å². The summed E-state index contributed by atoms with van der Waals surface area (Å²) in [5.74, 6) is -2.22. The van der Waals surface area contributed by atoms with Crippen LogP contribution >= 0.6 is 1430 Å². The summed E-state index contributed by atoms with van der Waals surface area (Å²) < 4.78 is 19.1. The molecule has 13 nitrogen and oxygen atoms in total. The van der Waals surface area contributed by atoms with Gasteiger partial charge in [0.1, 0.15) is 16.8 Å². The molecule has 2 fully saturated rings. The van der Waals surface area contributed by atoms with E-state index in [1.165, 1.54) is 4.90 Å². The Kier molecular flexibility index (Phi) is 224. The van der Waals surface area contributed by atoms with Crippen LogP contribution in [-0.2, 0) is 28.5 Å². The fourth-order valence-electron chi connectivity index (χ4n) is 5.76. The van der Waals surface area contributed by atoms with Crippen LogP contribution in [0, 0.1) is 11.8 Å². The van der Waals surface area contributed by atoms with E-state index >= 15 is 0 Å². The molecule has 3 N–H and O–H groups in total. The van der Waals surface area contributed by atoms with Gasteiger partial charge in [-0.25, -0.2) is 14.4 Å². The maximum absolute atomic E-state index is 12.0. The summed E-state index contributed by atoms with van der Waals surface area (Å²) in [4.78, 5) is 57.1. The van der Waals surface area contributed by atoms with E-state index in [1.807, 2.05) is 20.8 Å². The van der Waals surface area contributed by atoms with E-state index in [9.17, 15) is 24.0 Å². The Hall–Kier alpha value is 72.7. The molecule has 2 saturated heterocycles. The van der Waals surface area contributed by atoms with Crippen LogP contribution < -0.4 is 18.6 Å². The molecule has 6 atom stereocenters. The number of carbonyl (C=O) groups excluding carboxylic acids is 3. The number of nitrogens with one attached hydrogen (secondary N) is 1. The largest absolute Gasteiger partial charge is 0.197 e. The van der Waals surface area contributed by atoms with Gasteiger partial charge in [-0.1, -0.05) is 7.43 Å². The maximum Gasteiger partial charge on any atom is -0.197 e. The third-order valence-electron chi connectivity index (χ3n) is 9.83. The number of aliphatic carboxylic acids is 2. The van der Waals surface area contributed by atoms with Crippen molar-refractivity contribution in [2.75, 3.05) is 0 Å². The van der Waals surface area contributed by atoms with Crippen molar-refractivity contribution in [3.8, 4) is 0 Å². The van der Waals surface area contributed by atoms with E-state index < -0.39 is 432 Å². The molecule has 0 bridgehead atoms. The van der Waals surface area contributed by atoms with Crippen molar-refractivity contribution in [2.45, 2.75) is 151 Å². The molecule has 0 saturated carbocycles. The Morgan fingerprint density at radius 3 is 0.527 bits per heavy atom. The SMILES string of the molecule is C.CC(C)(C)OC(=O)OC(=O)OC(C)(C)C.C[C@@H]1N[C@@H](C)C[C@@H]1C(=O)O.C[C@H]1C[C@H](C(=O)O)[C@H](C)N1C(=O)OC(C)(C)C.II(I)I(I)I(I)I(I)I(I)I(I)I(I)I(I)I(I)I(I)I(I)I(I)I(I)I(I)I(I)I(I)I(I)I(I)I(I)I(I)I(I)I(I)I(I)I(I)I.I[I-]I(I)I(I)I(I)I(I)I(I)I(I)I(I)I(I)I(I)I(I)I(I)I(I)I(I)I(I)I(I)I(I)I(I)I(I)I(I)I(I)I(I)I(I)I(I)I(I)I.S.S.S.S.S.S. The molecule has 0 aliphatic carbocycles. The van der Waals surface area contributed by atoms with Crippen LogP contribution in [-0.4, -0.2) is 86.4 Å². The van der Waals surface area contributed by atoms with Crippen molar-refractivity contribution in [1.29, 1.82) is 0 Å². The minimum absolute atomic E-state index is 0. The molecule has 1008 valence electrons. The number of hydrogen-bond donors (Lipinski definition) is 3. The smallest absolute Gasteiger partial charge is 0.197 e. The molecule has 150 heavy (non-hydrogen) atoms. The number of carboxylic acids is 2. The molecule has 1 amide bonds. The minimum atomic E-state index is -1.06. The third-order valence-corrected chi connectivity index (χ3v) is 7690. The summed E-state index contributed by atoms with van der Waals surface area (Å²) in [7, 11) is -25.5. The number of ether oxygens (including phenoxy) is 4. The standard InChI is InChI=1S/C12H21NO4.C10H18O5.C7H13NO2.CH4.I51.I50.6H2S/c1-7-6-9(10(14)15)8(2)13(7)11(16)17-12(3,4)5;1-9(2,3)14-7(11)13-8(12)15-10(4,5)6;1-4-3-6(7(9)10)5(2)8-4;;1-27-29(4)31(6)33(8)35(10)37(12)39(14)41(16)43(18)45(20)47(22)49(24)51(26)50(25)48(23)46(21)44(19)42(17)40(15)38(13)36(11)34(9)32(7)30(5)28(2)3;1-27(2)29(5)31(7)33(9)35(11)37(13)39(15)41(17)43(19)45(21)47(23)49(25)50(26)48(24)46(22)44(20)42(18)40(16)38(14)36(12)34(10)32(8)30(6)28(3)4;;;;;;/h7-9H,6H2,1-5H3,(H,14,15);1-6H3;4-6,8H,3H2,1-2H3,(H,9,10);1H4;;;6*1H2/q;;;;-1;;;;;;;/t7-,8-,9-;;4-,5-,6-;;;;;;;;;/m0.0........./s1. The molecule has 0 radical (unpaired) electrons. The number of carbonyl (C=O) groups is 5. The van der Waals surface area contributed by atoms with Gasteiger partial charge in [0.15, 0.2) is 0 Å². The second kappa shape index (κ2) is 139. The van der Waals surface area contributed by atoms with Crippen LogP contribution in [0.15, 0.2) is 0 Å². The fraction of sp³-hybridized carbons (Fsp3) is 0.833. The summed E-state index contributed by atoms with van der Waals surface area (Å²) in [5.41, 5.74) is -1.95. The average molecular weight is 13600 g/mol. The first-order valence-electron chi connectivity index (χ1n) is 28.2. The first kappa shape index (κ1) is 242. The summed E-state index contributed by atoms with van der Waals surface area (Å²) in [5, 5.41) is 20.9. The third kappa shape index (κ3) is 106. The number of halogens is 101. The molecule has 0 aromatic heterocycles. The van der Waals surface area contributed by atoms with Gasteiger partial charge in [0, 0.05) is 24.2 Å². The van der Waals surface area contributed by atoms with Crippen molar-refractivity contribution in [1.82, 2.24) is 10.2 Å². The van der Waals surface area contributed by atoms with Gasteiger partial charge in [-0.05, 0) is 103 Å². The second-order valence-electron chi connectivity index (χ2n) is 21.6. The van der Waals surface area contributed by atoms with Gasteiger partial charge < -0.3 is 39.4 Å². The minimum Gasteiger partial charge on any atom is -0.197 e. The molecule has 0 spiro atoms. The van der Waals surface area contributed by atoms with Gasteiger partial charge in [-0.15, -0.1) is 0 Å². The predicted molar refractivity (Wildman–Crippen MR) is 1630 cm³/mol. The maximum atomic E-state index is 12.0. The fourth-order valence-corrected chi connectivity index (χ4v) is 18700. The van der Waals surface area contributed by atoms with Crippen molar-refractivity contribution >= 4 is 1460 Å². The predicted octanol–water partition coefficient (Wildman–Crippen LogP) is 92.3. The van der Waals surface area contributed by atoms with Gasteiger partial charge in [0.25, 0.3) is 0 Å². The van der Waals surface area contributed by atoms with E-state index in [0.29, 0.717) is 25.7 Å². The van der Waals surface area contributed by atoms with Crippen LogP contribution in [0.2, 0.25) is 0 Å². The van der Waals surface area contributed by atoms with E-state index in [-0.39, 0.29) is 112 Å². The van der Waals surface area contributed by atoms with Crippen molar-refractivity contribution in [2.24, 2.45) is 11.8 Å². The normalized spacial score (nSPS) is 19.8. The van der Waals surface area contributed by atoms with Gasteiger partial charge in [-0.2, -0.15) is 81.0 Å². The van der Waals surface area contributed by atoms with Crippen molar-refractivity contribution in [3.63, 3.8) is 0 Å².